The maximum Gasteiger partial charge on any atom is 0.156 e. The van der Waals surface area contributed by atoms with Crippen molar-refractivity contribution >= 4 is 11.5 Å². The van der Waals surface area contributed by atoms with Gasteiger partial charge in [0.25, 0.3) is 0 Å². The van der Waals surface area contributed by atoms with Crippen LogP contribution < -0.4 is 10.6 Å². The normalized spacial score (nSPS) is 10.4. The van der Waals surface area contributed by atoms with Crippen molar-refractivity contribution in [3.8, 4) is 0 Å². The van der Waals surface area contributed by atoms with E-state index in [4.69, 9.17) is 5.73 Å². The van der Waals surface area contributed by atoms with Gasteiger partial charge in [-0.3, -0.25) is 4.98 Å². The monoisotopic (exact) mass is 242 g/mol. The van der Waals surface area contributed by atoms with Crippen molar-refractivity contribution in [1.29, 1.82) is 0 Å². The lowest BCUT2D eigenvalue weighted by Gasteiger charge is -2.23. The molecule has 1 aromatic carbocycles. The van der Waals surface area contributed by atoms with Crippen LogP contribution in [0.4, 0.5) is 11.5 Å². The van der Waals surface area contributed by atoms with E-state index in [9.17, 15) is 0 Å². The zero-order chi connectivity index (χ0) is 13.0. The molecule has 0 aliphatic heterocycles. The number of aryl methyl sites for hydroxylation is 1. The Morgan fingerprint density at radius 1 is 1.11 bits per heavy atom. The first-order valence-electron chi connectivity index (χ1n) is 6.10. The van der Waals surface area contributed by atoms with E-state index in [1.54, 1.807) is 12.4 Å². The number of anilines is 2. The van der Waals surface area contributed by atoms with Crippen LogP contribution in [-0.4, -0.2) is 16.5 Å². The van der Waals surface area contributed by atoms with E-state index in [0.29, 0.717) is 6.54 Å². The zero-order valence-electron chi connectivity index (χ0n) is 10.8. The Morgan fingerprint density at radius 3 is 2.39 bits per heavy atom. The molecule has 0 aliphatic rings. The van der Waals surface area contributed by atoms with Gasteiger partial charge in [-0.25, -0.2) is 4.98 Å². The van der Waals surface area contributed by atoms with E-state index in [0.717, 1.165) is 23.7 Å². The summed E-state index contributed by atoms with van der Waals surface area (Å²) in [5, 5.41) is 0. The van der Waals surface area contributed by atoms with Crippen LogP contribution in [0.15, 0.2) is 36.7 Å². The fourth-order valence-corrected chi connectivity index (χ4v) is 1.91. The molecule has 2 N–H and O–H groups in total. The molecule has 0 amide bonds. The summed E-state index contributed by atoms with van der Waals surface area (Å²) in [5.74, 6) is 0.839. The van der Waals surface area contributed by atoms with Crippen LogP contribution in [0.3, 0.4) is 0 Å². The van der Waals surface area contributed by atoms with Crippen LogP contribution in [0.2, 0.25) is 0 Å². The summed E-state index contributed by atoms with van der Waals surface area (Å²) in [6.07, 6.45) is 3.38. The number of nitrogens with two attached hydrogens (primary N) is 1. The average Bonchev–Trinajstić information content (AvgIpc) is 2.42. The minimum atomic E-state index is 0.394. The third kappa shape index (κ3) is 2.49. The Bertz CT molecular complexity index is 507. The van der Waals surface area contributed by atoms with Crippen molar-refractivity contribution in [1.82, 2.24) is 9.97 Å². The molecule has 94 valence electrons. The Hall–Kier alpha value is -1.94. The van der Waals surface area contributed by atoms with Gasteiger partial charge < -0.3 is 10.6 Å². The number of aromatic nitrogens is 2. The van der Waals surface area contributed by atoms with Crippen LogP contribution in [0.25, 0.3) is 0 Å². The largest absolute Gasteiger partial charge is 0.325 e. The summed E-state index contributed by atoms with van der Waals surface area (Å²) in [6.45, 7) is 5.39. The lowest BCUT2D eigenvalue weighted by molar-refractivity contribution is 0.905. The molecule has 1 aromatic heterocycles. The minimum Gasteiger partial charge on any atom is -0.325 e. The molecule has 4 heteroatoms. The predicted molar refractivity (Wildman–Crippen MR) is 73.8 cm³/mol. The van der Waals surface area contributed by atoms with Gasteiger partial charge in [0.2, 0.25) is 0 Å². The van der Waals surface area contributed by atoms with E-state index in [1.807, 2.05) is 0 Å². The number of benzene rings is 1. The number of nitrogens with zero attached hydrogens (tertiary/aromatic N) is 3. The molecular weight excluding hydrogens is 224 g/mol. The van der Waals surface area contributed by atoms with Crippen molar-refractivity contribution < 1.29 is 0 Å². The van der Waals surface area contributed by atoms with Gasteiger partial charge in [-0.1, -0.05) is 17.7 Å². The van der Waals surface area contributed by atoms with Gasteiger partial charge >= 0.3 is 0 Å². The van der Waals surface area contributed by atoms with Gasteiger partial charge in [0.05, 0.1) is 5.69 Å². The maximum absolute atomic E-state index is 5.72. The summed E-state index contributed by atoms with van der Waals surface area (Å²) in [5.41, 5.74) is 8.89. The van der Waals surface area contributed by atoms with Crippen LogP contribution in [0.1, 0.15) is 18.2 Å². The molecule has 0 saturated carbocycles. The molecule has 0 unspecified atom stereocenters. The standard InChI is InChI=1S/C14H18N4/c1-3-18(12-6-4-11(2)5-7-12)14-13(10-15)16-8-9-17-14/h4-9H,3,10,15H2,1-2H3. The summed E-state index contributed by atoms with van der Waals surface area (Å²) in [7, 11) is 0. The SMILES string of the molecule is CCN(c1ccc(C)cc1)c1nccnc1CN. The van der Waals surface area contributed by atoms with Gasteiger partial charge in [0, 0.05) is 31.2 Å². The van der Waals surface area contributed by atoms with E-state index in [1.165, 1.54) is 5.56 Å². The molecule has 0 radical (unpaired) electrons. The summed E-state index contributed by atoms with van der Waals surface area (Å²) in [4.78, 5) is 10.8. The van der Waals surface area contributed by atoms with E-state index >= 15 is 0 Å². The second-order valence-corrected chi connectivity index (χ2v) is 4.11. The first-order chi connectivity index (χ1) is 8.76. The van der Waals surface area contributed by atoms with E-state index in [2.05, 4.69) is 53.0 Å². The highest BCUT2D eigenvalue weighted by atomic mass is 15.2. The highest BCUT2D eigenvalue weighted by Crippen LogP contribution is 2.25. The number of hydrogen-bond donors (Lipinski definition) is 1. The highest BCUT2D eigenvalue weighted by molar-refractivity contribution is 5.61. The Balaban J connectivity index is 2.41. The van der Waals surface area contributed by atoms with E-state index < -0.39 is 0 Å². The first kappa shape index (κ1) is 12.5. The van der Waals surface area contributed by atoms with Gasteiger partial charge in [-0.2, -0.15) is 0 Å². The predicted octanol–water partition coefficient (Wildman–Crippen LogP) is 2.40. The molecule has 18 heavy (non-hydrogen) atoms. The van der Waals surface area contributed by atoms with Crippen LogP contribution >= 0.6 is 0 Å². The lowest BCUT2D eigenvalue weighted by Crippen LogP contribution is -2.20. The molecule has 0 spiro atoms. The van der Waals surface area contributed by atoms with Crippen molar-refractivity contribution in [3.63, 3.8) is 0 Å². The van der Waals surface area contributed by atoms with Crippen molar-refractivity contribution in [3.05, 3.63) is 47.9 Å². The Kier molecular flexibility index (Phi) is 3.89. The van der Waals surface area contributed by atoms with Crippen LogP contribution in [-0.2, 0) is 6.54 Å². The average molecular weight is 242 g/mol. The van der Waals surface area contributed by atoms with Gasteiger partial charge in [-0.05, 0) is 26.0 Å². The second-order valence-electron chi connectivity index (χ2n) is 4.11. The van der Waals surface area contributed by atoms with Gasteiger partial charge in [0.1, 0.15) is 0 Å². The minimum absolute atomic E-state index is 0.394. The summed E-state index contributed by atoms with van der Waals surface area (Å²) in [6, 6.07) is 8.37. The molecular formula is C14H18N4. The third-order valence-electron chi connectivity index (χ3n) is 2.86. The van der Waals surface area contributed by atoms with Crippen molar-refractivity contribution in [2.75, 3.05) is 11.4 Å². The van der Waals surface area contributed by atoms with Crippen molar-refractivity contribution in [2.24, 2.45) is 5.73 Å². The fraction of sp³-hybridized carbons (Fsp3) is 0.286. The molecule has 0 atom stereocenters. The molecule has 1 heterocycles. The first-order valence-corrected chi connectivity index (χ1v) is 6.10. The quantitative estimate of drug-likeness (QED) is 0.894. The molecule has 0 saturated heterocycles. The summed E-state index contributed by atoms with van der Waals surface area (Å²) < 4.78 is 0. The molecule has 2 rings (SSSR count). The molecule has 0 bridgehead atoms. The Morgan fingerprint density at radius 2 is 1.78 bits per heavy atom. The molecule has 0 aliphatic carbocycles. The summed E-state index contributed by atoms with van der Waals surface area (Å²) >= 11 is 0. The molecule has 4 nitrogen and oxygen atoms in total. The van der Waals surface area contributed by atoms with E-state index in [-0.39, 0.29) is 0 Å². The van der Waals surface area contributed by atoms with Gasteiger partial charge in [-0.15, -0.1) is 0 Å². The third-order valence-corrected chi connectivity index (χ3v) is 2.86. The lowest BCUT2D eigenvalue weighted by atomic mass is 10.2. The number of hydrogen-bond acceptors (Lipinski definition) is 4. The van der Waals surface area contributed by atoms with Crippen LogP contribution in [0, 0.1) is 6.92 Å². The van der Waals surface area contributed by atoms with Crippen LogP contribution in [0.5, 0.6) is 0 Å². The smallest absolute Gasteiger partial charge is 0.156 e. The Labute approximate surface area is 107 Å². The maximum atomic E-state index is 5.72. The highest BCUT2D eigenvalue weighted by Gasteiger charge is 2.12. The topological polar surface area (TPSA) is 55.0 Å². The zero-order valence-corrected chi connectivity index (χ0v) is 10.8. The molecule has 2 aromatic rings. The van der Waals surface area contributed by atoms with Gasteiger partial charge in [0.15, 0.2) is 5.82 Å². The fourth-order valence-electron chi connectivity index (χ4n) is 1.91. The second kappa shape index (κ2) is 5.60. The molecule has 0 fully saturated rings. The number of rotatable bonds is 4. The van der Waals surface area contributed by atoms with Crippen molar-refractivity contribution in [2.45, 2.75) is 20.4 Å².